The molecule has 25 heavy (non-hydrogen) atoms. The van der Waals surface area contributed by atoms with Crippen molar-refractivity contribution in [1.29, 1.82) is 0 Å². The summed E-state index contributed by atoms with van der Waals surface area (Å²) < 4.78 is 4.80. The highest BCUT2D eigenvalue weighted by molar-refractivity contribution is 5.92. The first-order valence-corrected chi connectivity index (χ1v) is 8.80. The third-order valence-electron chi connectivity index (χ3n) is 5.09. The lowest BCUT2D eigenvalue weighted by Gasteiger charge is -2.25. The molecule has 1 aromatic rings. The molecule has 2 amide bonds. The van der Waals surface area contributed by atoms with Crippen molar-refractivity contribution in [2.24, 2.45) is 5.92 Å². The second kappa shape index (κ2) is 7.68. The number of methoxy groups -OCH3 is 1. The number of rotatable bonds is 5. The molecule has 2 saturated heterocycles. The lowest BCUT2D eigenvalue weighted by atomic mass is 10.1. The van der Waals surface area contributed by atoms with Crippen LogP contribution in [-0.4, -0.2) is 60.4 Å². The van der Waals surface area contributed by atoms with E-state index in [1.165, 1.54) is 12.7 Å². The fourth-order valence-corrected chi connectivity index (χ4v) is 3.71. The molecule has 0 saturated carbocycles. The summed E-state index contributed by atoms with van der Waals surface area (Å²) >= 11 is 0. The smallest absolute Gasteiger partial charge is 0.328 e. The van der Waals surface area contributed by atoms with Crippen LogP contribution in [-0.2, 0) is 25.5 Å². The van der Waals surface area contributed by atoms with E-state index in [1.807, 2.05) is 30.3 Å². The number of benzene rings is 1. The van der Waals surface area contributed by atoms with Crippen molar-refractivity contribution in [3.63, 3.8) is 0 Å². The summed E-state index contributed by atoms with van der Waals surface area (Å²) in [6, 6.07) is 9.50. The fraction of sp³-hybridized carbons (Fsp3) is 0.526. The van der Waals surface area contributed by atoms with Gasteiger partial charge in [0.25, 0.3) is 0 Å². The minimum Gasteiger partial charge on any atom is -0.467 e. The third-order valence-corrected chi connectivity index (χ3v) is 5.09. The van der Waals surface area contributed by atoms with Crippen molar-refractivity contribution < 1.29 is 19.1 Å². The van der Waals surface area contributed by atoms with Gasteiger partial charge in [-0.25, -0.2) is 4.79 Å². The highest BCUT2D eigenvalue weighted by Crippen LogP contribution is 2.26. The number of esters is 1. The number of carbonyl (C=O) groups excluding carboxylic acids is 3. The molecular weight excluding hydrogens is 320 g/mol. The molecule has 0 N–H and O–H groups in total. The largest absolute Gasteiger partial charge is 0.467 e. The fourth-order valence-electron chi connectivity index (χ4n) is 3.71. The summed E-state index contributed by atoms with van der Waals surface area (Å²) in [5.74, 6) is -0.795. The van der Waals surface area contributed by atoms with Crippen LogP contribution in [0.1, 0.15) is 24.8 Å². The summed E-state index contributed by atoms with van der Waals surface area (Å²) in [7, 11) is 1.34. The molecule has 0 radical (unpaired) electrons. The quantitative estimate of drug-likeness (QED) is 0.754. The van der Waals surface area contributed by atoms with Gasteiger partial charge in [0.1, 0.15) is 6.04 Å². The van der Waals surface area contributed by atoms with Crippen LogP contribution in [0.3, 0.4) is 0 Å². The first-order chi connectivity index (χ1) is 12.1. The van der Waals surface area contributed by atoms with E-state index < -0.39 is 6.04 Å². The molecule has 2 aliphatic heterocycles. The first-order valence-electron chi connectivity index (χ1n) is 8.80. The average Bonchev–Trinajstić information content (AvgIpc) is 3.26. The van der Waals surface area contributed by atoms with Gasteiger partial charge < -0.3 is 14.5 Å². The molecule has 0 spiro atoms. The van der Waals surface area contributed by atoms with Crippen molar-refractivity contribution in [3.05, 3.63) is 35.9 Å². The van der Waals surface area contributed by atoms with Crippen molar-refractivity contribution >= 4 is 17.8 Å². The lowest BCUT2D eigenvalue weighted by Crippen LogP contribution is -2.44. The molecule has 0 bridgehead atoms. The SMILES string of the molecule is COC(=O)[C@@H]1CCCN1C(=O)[C@@H]1CC(=O)N(CCc2ccccc2)C1. The van der Waals surface area contributed by atoms with Crippen LogP contribution in [0.5, 0.6) is 0 Å². The van der Waals surface area contributed by atoms with Gasteiger partial charge in [-0.15, -0.1) is 0 Å². The molecule has 0 aliphatic carbocycles. The predicted molar refractivity (Wildman–Crippen MR) is 91.6 cm³/mol. The Kier molecular flexibility index (Phi) is 5.36. The van der Waals surface area contributed by atoms with Crippen LogP contribution in [0, 0.1) is 5.92 Å². The minimum absolute atomic E-state index is 0.0168. The molecule has 2 heterocycles. The molecule has 6 heteroatoms. The van der Waals surface area contributed by atoms with Crippen LogP contribution in [0.4, 0.5) is 0 Å². The monoisotopic (exact) mass is 344 g/mol. The highest BCUT2D eigenvalue weighted by Gasteiger charge is 2.41. The summed E-state index contributed by atoms with van der Waals surface area (Å²) in [5, 5.41) is 0. The number of hydrogen-bond donors (Lipinski definition) is 0. The zero-order valence-corrected chi connectivity index (χ0v) is 14.5. The molecule has 134 valence electrons. The van der Waals surface area contributed by atoms with E-state index in [1.54, 1.807) is 9.80 Å². The minimum atomic E-state index is -0.494. The van der Waals surface area contributed by atoms with Gasteiger partial charge in [0.15, 0.2) is 0 Å². The molecule has 6 nitrogen and oxygen atoms in total. The predicted octanol–water partition coefficient (Wildman–Crippen LogP) is 1.24. The Bertz CT molecular complexity index is 646. The normalized spacial score (nSPS) is 23.2. The van der Waals surface area contributed by atoms with Gasteiger partial charge in [0, 0.05) is 26.1 Å². The Hall–Kier alpha value is -2.37. The van der Waals surface area contributed by atoms with Gasteiger partial charge in [-0.1, -0.05) is 30.3 Å². The van der Waals surface area contributed by atoms with Gasteiger partial charge in [-0.2, -0.15) is 0 Å². The molecule has 2 fully saturated rings. The van der Waals surface area contributed by atoms with Crippen LogP contribution in [0.25, 0.3) is 0 Å². The molecule has 2 aliphatic rings. The second-order valence-electron chi connectivity index (χ2n) is 6.69. The first kappa shape index (κ1) is 17.5. The summed E-state index contributed by atoms with van der Waals surface area (Å²) in [6.45, 7) is 1.62. The Balaban J connectivity index is 1.58. The molecule has 2 atom stereocenters. The summed E-state index contributed by atoms with van der Waals surface area (Å²) in [4.78, 5) is 40.2. The van der Waals surface area contributed by atoms with Crippen molar-refractivity contribution in [1.82, 2.24) is 9.80 Å². The number of nitrogens with zero attached hydrogens (tertiary/aromatic N) is 2. The molecule has 0 unspecified atom stereocenters. The van der Waals surface area contributed by atoms with Crippen LogP contribution in [0.2, 0.25) is 0 Å². The van der Waals surface area contributed by atoms with Crippen LogP contribution >= 0.6 is 0 Å². The Morgan fingerprint density at radius 3 is 2.72 bits per heavy atom. The number of carbonyl (C=O) groups is 3. The number of likely N-dealkylation sites (tertiary alicyclic amines) is 2. The third kappa shape index (κ3) is 3.83. The van der Waals surface area contributed by atoms with E-state index in [-0.39, 0.29) is 30.1 Å². The van der Waals surface area contributed by atoms with Crippen molar-refractivity contribution in [2.75, 3.05) is 26.7 Å². The maximum absolute atomic E-state index is 12.8. The molecule has 3 rings (SSSR count). The lowest BCUT2D eigenvalue weighted by molar-refractivity contribution is -0.152. The topological polar surface area (TPSA) is 66.9 Å². The van der Waals surface area contributed by atoms with Crippen molar-refractivity contribution in [3.8, 4) is 0 Å². The van der Waals surface area contributed by atoms with Gasteiger partial charge in [-0.05, 0) is 24.8 Å². The van der Waals surface area contributed by atoms with E-state index in [4.69, 9.17) is 4.74 Å². The van der Waals surface area contributed by atoms with E-state index in [9.17, 15) is 14.4 Å². The zero-order chi connectivity index (χ0) is 17.8. The number of hydrogen-bond acceptors (Lipinski definition) is 4. The van der Waals surface area contributed by atoms with E-state index in [0.29, 0.717) is 26.1 Å². The molecular formula is C19H24N2O4. The summed E-state index contributed by atoms with van der Waals surface area (Å²) in [6.07, 6.45) is 2.45. The van der Waals surface area contributed by atoms with Crippen molar-refractivity contribution in [2.45, 2.75) is 31.7 Å². The molecule has 0 aromatic heterocycles. The summed E-state index contributed by atoms with van der Waals surface area (Å²) in [5.41, 5.74) is 1.18. The van der Waals surface area contributed by atoms with Crippen LogP contribution < -0.4 is 0 Å². The van der Waals surface area contributed by atoms with E-state index in [0.717, 1.165) is 12.8 Å². The van der Waals surface area contributed by atoms with E-state index >= 15 is 0 Å². The van der Waals surface area contributed by atoms with Gasteiger partial charge in [0.05, 0.1) is 13.0 Å². The Labute approximate surface area is 147 Å². The Morgan fingerprint density at radius 1 is 1.24 bits per heavy atom. The number of amides is 2. The average molecular weight is 344 g/mol. The van der Waals surface area contributed by atoms with E-state index in [2.05, 4.69) is 0 Å². The van der Waals surface area contributed by atoms with Gasteiger partial charge in [-0.3, -0.25) is 9.59 Å². The Morgan fingerprint density at radius 2 is 2.00 bits per heavy atom. The highest BCUT2D eigenvalue weighted by atomic mass is 16.5. The standard InChI is InChI=1S/C19H24N2O4/c1-25-19(24)16-8-5-10-21(16)18(23)15-12-17(22)20(13-15)11-9-14-6-3-2-4-7-14/h2-4,6-7,15-16H,5,8-13H2,1H3/t15-,16+/m1/s1. The zero-order valence-electron chi connectivity index (χ0n) is 14.5. The van der Waals surface area contributed by atoms with Crippen LogP contribution in [0.15, 0.2) is 30.3 Å². The maximum atomic E-state index is 12.8. The molecule has 1 aromatic carbocycles. The second-order valence-corrected chi connectivity index (χ2v) is 6.69. The van der Waals surface area contributed by atoms with Gasteiger partial charge >= 0.3 is 5.97 Å². The maximum Gasteiger partial charge on any atom is 0.328 e. The number of ether oxygens (including phenoxy) is 1. The van der Waals surface area contributed by atoms with Gasteiger partial charge in [0.2, 0.25) is 11.8 Å².